The van der Waals surface area contributed by atoms with Crippen molar-refractivity contribution in [3.8, 4) is 11.8 Å². The Hall–Kier alpha value is -0.916. The highest BCUT2D eigenvalue weighted by atomic mass is 79.9. The topological polar surface area (TPSA) is 44.8 Å². The predicted octanol–water partition coefficient (Wildman–Crippen LogP) is 10.3. The lowest BCUT2D eigenvalue weighted by atomic mass is 9.89. The zero-order valence-electron chi connectivity index (χ0n) is 28.2. The molecule has 4 atom stereocenters. The molecule has 0 aromatic rings. The van der Waals surface area contributed by atoms with Crippen LogP contribution in [0, 0.1) is 23.7 Å². The number of esters is 1. The van der Waals surface area contributed by atoms with Gasteiger partial charge in [0.2, 0.25) is 0 Å². The molecule has 4 nitrogen and oxygen atoms in total. The zero-order valence-corrected chi connectivity index (χ0v) is 31.8. The Balaban J connectivity index is 3.32. The summed E-state index contributed by atoms with van der Waals surface area (Å²) in [5, 5.41) is 0.269. The van der Waals surface area contributed by atoms with E-state index in [-0.39, 0.29) is 40.1 Å². The van der Waals surface area contributed by atoms with Crippen LogP contribution in [0.2, 0.25) is 36.3 Å². The lowest BCUT2D eigenvalue weighted by Gasteiger charge is -2.40. The summed E-state index contributed by atoms with van der Waals surface area (Å²) in [6, 6.07) is 0. The smallest absolute Gasteiger partial charge is 0.305 e. The maximum atomic E-state index is 11.5. The molecule has 0 aromatic carbocycles. The van der Waals surface area contributed by atoms with E-state index in [0.29, 0.717) is 6.42 Å². The third kappa shape index (κ3) is 12.3. The van der Waals surface area contributed by atoms with E-state index in [1.807, 2.05) is 6.92 Å². The minimum atomic E-state index is -1.98. The Morgan fingerprint density at radius 1 is 1.12 bits per heavy atom. The third-order valence-corrected chi connectivity index (χ3v) is 18.9. The van der Waals surface area contributed by atoms with E-state index in [4.69, 9.17) is 13.6 Å². The standard InChI is InChI=1S/C34H59BrO4Si2/c1-14-15-16-20-28(38-40(10,11)33(3,4)5)22-23-29-30(25-27(35)19-17-18-21-32(36)37-9)26(2)24-31(29)39-41(12,13)34(6,7)8/h19,22-23,28-31H,2,16-18,20-21,24-25H2,1,3-13H3/b23-22+,27-19-/t28?,29-,30+,31?/m1/s1. The Morgan fingerprint density at radius 3 is 2.27 bits per heavy atom. The van der Waals surface area contributed by atoms with Gasteiger partial charge in [-0.05, 0) is 85.7 Å². The van der Waals surface area contributed by atoms with E-state index in [9.17, 15) is 4.79 Å². The van der Waals surface area contributed by atoms with Gasteiger partial charge < -0.3 is 13.6 Å². The van der Waals surface area contributed by atoms with Crippen molar-refractivity contribution >= 4 is 38.5 Å². The number of carbonyl (C=O) groups excluding carboxylic acids is 1. The molecule has 1 aliphatic carbocycles. The minimum Gasteiger partial charge on any atom is -0.469 e. The fourth-order valence-electron chi connectivity index (χ4n) is 4.53. The van der Waals surface area contributed by atoms with E-state index in [0.717, 1.165) is 43.0 Å². The highest BCUT2D eigenvalue weighted by Crippen LogP contribution is 2.47. The third-order valence-electron chi connectivity index (χ3n) is 9.26. The summed E-state index contributed by atoms with van der Waals surface area (Å²) in [5.41, 5.74) is 1.25. The van der Waals surface area contributed by atoms with Gasteiger partial charge in [-0.3, -0.25) is 4.79 Å². The van der Waals surface area contributed by atoms with Crippen LogP contribution in [-0.2, 0) is 18.4 Å². The Kier molecular flexibility index (Phi) is 15.1. The summed E-state index contributed by atoms with van der Waals surface area (Å²) in [5.74, 6) is 6.62. The predicted molar refractivity (Wildman–Crippen MR) is 184 cm³/mol. The minimum absolute atomic E-state index is 0.0251. The first-order valence-electron chi connectivity index (χ1n) is 15.3. The zero-order chi connectivity index (χ0) is 31.6. The largest absolute Gasteiger partial charge is 0.469 e. The molecule has 7 heteroatoms. The van der Waals surface area contributed by atoms with Gasteiger partial charge in [-0.25, -0.2) is 0 Å². The molecule has 41 heavy (non-hydrogen) atoms. The second-order valence-corrected chi connectivity index (χ2v) is 25.1. The quantitative estimate of drug-likeness (QED) is 0.0608. The Morgan fingerprint density at radius 2 is 1.73 bits per heavy atom. The fourth-order valence-corrected chi connectivity index (χ4v) is 7.77. The second-order valence-electron chi connectivity index (χ2n) is 14.6. The summed E-state index contributed by atoms with van der Waals surface area (Å²) in [6.07, 6.45) is 12.5. The van der Waals surface area contributed by atoms with Crippen LogP contribution in [-0.4, -0.2) is 41.9 Å². The molecule has 0 bridgehead atoms. The van der Waals surface area contributed by atoms with Gasteiger partial charge in [0.15, 0.2) is 16.6 Å². The molecule has 0 aliphatic heterocycles. The number of rotatable bonds is 14. The van der Waals surface area contributed by atoms with Crippen LogP contribution in [0.4, 0.5) is 0 Å². The molecule has 1 aliphatic rings. The summed E-state index contributed by atoms with van der Waals surface area (Å²) < 4.78 is 19.9. The van der Waals surface area contributed by atoms with Gasteiger partial charge in [0, 0.05) is 18.8 Å². The Labute approximate surface area is 263 Å². The summed E-state index contributed by atoms with van der Waals surface area (Å²) in [6.45, 7) is 29.6. The van der Waals surface area contributed by atoms with Crippen LogP contribution >= 0.6 is 15.9 Å². The molecule has 1 saturated carbocycles. The monoisotopic (exact) mass is 666 g/mol. The molecule has 0 radical (unpaired) electrons. The lowest BCUT2D eigenvalue weighted by Crippen LogP contribution is -2.45. The van der Waals surface area contributed by atoms with E-state index < -0.39 is 16.6 Å². The molecule has 1 rings (SSSR count). The molecule has 0 aromatic heterocycles. The van der Waals surface area contributed by atoms with Gasteiger partial charge in [-0.1, -0.05) is 87.9 Å². The van der Waals surface area contributed by atoms with Crippen LogP contribution in [0.3, 0.4) is 0 Å². The molecule has 2 unspecified atom stereocenters. The van der Waals surface area contributed by atoms with E-state index >= 15 is 0 Å². The number of unbranched alkanes of at least 4 members (excludes halogenated alkanes) is 1. The van der Waals surface area contributed by atoms with Gasteiger partial charge in [-0.2, -0.15) is 0 Å². The van der Waals surface area contributed by atoms with Crippen molar-refractivity contribution in [3.05, 3.63) is 34.9 Å². The number of hydrogen-bond donors (Lipinski definition) is 0. The highest BCUT2D eigenvalue weighted by Gasteiger charge is 2.45. The molecule has 0 N–H and O–H groups in total. The molecule has 0 spiro atoms. The molecular weight excluding hydrogens is 608 g/mol. The van der Waals surface area contributed by atoms with Crippen molar-refractivity contribution in [3.63, 3.8) is 0 Å². The average Bonchev–Trinajstić information content (AvgIpc) is 3.11. The Bertz CT molecular complexity index is 989. The number of halogens is 1. The molecule has 0 heterocycles. The first-order valence-corrected chi connectivity index (χ1v) is 21.9. The number of carbonyl (C=O) groups is 1. The number of hydrogen-bond acceptors (Lipinski definition) is 4. The number of ether oxygens (including phenoxy) is 1. The maximum Gasteiger partial charge on any atom is 0.305 e. The van der Waals surface area contributed by atoms with Crippen molar-refractivity contribution in [1.82, 2.24) is 0 Å². The van der Waals surface area contributed by atoms with Gasteiger partial charge in [-0.15, -0.1) is 11.8 Å². The highest BCUT2D eigenvalue weighted by molar-refractivity contribution is 9.11. The van der Waals surface area contributed by atoms with E-state index in [1.54, 1.807) is 0 Å². The van der Waals surface area contributed by atoms with Crippen LogP contribution in [0.1, 0.15) is 93.4 Å². The van der Waals surface area contributed by atoms with Crippen LogP contribution in [0.15, 0.2) is 34.9 Å². The first-order chi connectivity index (χ1) is 18.8. The lowest BCUT2D eigenvalue weighted by molar-refractivity contribution is -0.140. The average molecular weight is 668 g/mol. The van der Waals surface area contributed by atoms with Crippen LogP contribution in [0.25, 0.3) is 0 Å². The first kappa shape index (κ1) is 38.1. The van der Waals surface area contributed by atoms with Crippen molar-refractivity contribution in [2.24, 2.45) is 11.8 Å². The summed E-state index contributed by atoms with van der Waals surface area (Å²) >= 11 is 3.84. The van der Waals surface area contributed by atoms with Gasteiger partial charge in [0.1, 0.15) is 0 Å². The van der Waals surface area contributed by atoms with Gasteiger partial charge >= 0.3 is 5.97 Å². The van der Waals surface area contributed by atoms with Crippen LogP contribution in [0.5, 0.6) is 0 Å². The van der Waals surface area contributed by atoms with Gasteiger partial charge in [0.05, 0.1) is 19.3 Å². The van der Waals surface area contributed by atoms with Crippen molar-refractivity contribution in [2.75, 3.05) is 7.11 Å². The van der Waals surface area contributed by atoms with Gasteiger partial charge in [0.25, 0.3) is 0 Å². The molecule has 1 fully saturated rings. The SMILES string of the molecule is C=C1CC(O[Si](C)(C)C(C)(C)C)[C@H](/C=C/C(CCC#CC)O[Si](C)(C)C(C)(C)C)[C@H]1C/C(Br)=C/CCCC(=O)OC. The normalized spacial score (nSPS) is 21.6. The molecule has 0 amide bonds. The second kappa shape index (κ2) is 16.2. The fraction of sp³-hybridized carbons (Fsp3) is 0.735. The van der Waals surface area contributed by atoms with E-state index in [2.05, 4.69) is 120 Å². The summed E-state index contributed by atoms with van der Waals surface area (Å²) in [4.78, 5) is 11.5. The number of allylic oxidation sites excluding steroid dienone is 2. The van der Waals surface area contributed by atoms with Crippen molar-refractivity contribution < 1.29 is 18.4 Å². The molecule has 0 saturated heterocycles. The van der Waals surface area contributed by atoms with Crippen LogP contribution < -0.4 is 0 Å². The molecule has 234 valence electrons. The van der Waals surface area contributed by atoms with Crippen molar-refractivity contribution in [2.45, 2.75) is 142 Å². The van der Waals surface area contributed by atoms with Crippen molar-refractivity contribution in [1.29, 1.82) is 0 Å². The molecular formula is C34H59BrO4Si2. The van der Waals surface area contributed by atoms with E-state index in [1.165, 1.54) is 12.7 Å². The summed E-state index contributed by atoms with van der Waals surface area (Å²) in [7, 11) is -2.51. The number of methoxy groups -OCH3 is 1. The maximum absolute atomic E-state index is 11.5.